The van der Waals surface area contributed by atoms with Crippen LogP contribution in [-0.2, 0) is 28.5 Å². The van der Waals surface area contributed by atoms with Crippen LogP contribution in [0.1, 0.15) is 38.0 Å². The van der Waals surface area contributed by atoms with Crippen molar-refractivity contribution < 1.29 is 38.4 Å². The molecule has 0 saturated carbocycles. The highest BCUT2D eigenvalue weighted by Crippen LogP contribution is 2.30. The molecule has 0 unspecified atom stereocenters. The summed E-state index contributed by atoms with van der Waals surface area (Å²) < 4.78 is 21.8. The molecule has 2 rings (SSSR count). The van der Waals surface area contributed by atoms with Gasteiger partial charge < -0.3 is 24.1 Å². The minimum absolute atomic E-state index is 0.000912. The zero-order valence-electron chi connectivity index (χ0n) is 16.4. The lowest BCUT2D eigenvalue weighted by Crippen LogP contribution is -2.33. The molecule has 3 atom stereocenters. The van der Waals surface area contributed by atoms with E-state index in [9.17, 15) is 24.0 Å². The first-order valence-corrected chi connectivity index (χ1v) is 10.1. The van der Waals surface area contributed by atoms with Crippen LogP contribution in [0.15, 0.2) is 20.8 Å². The predicted molar refractivity (Wildman–Crippen MR) is 108 cm³/mol. The number of aromatic amines is 1. The zero-order valence-corrected chi connectivity index (χ0v) is 18.0. The van der Waals surface area contributed by atoms with Crippen LogP contribution >= 0.6 is 15.9 Å². The number of carboxylic acid groups (broad SMARTS) is 1. The summed E-state index contributed by atoms with van der Waals surface area (Å²) in [6.45, 7) is 1.35. The Bertz CT molecular complexity index is 953. The maximum atomic E-state index is 12.3. The summed E-state index contributed by atoms with van der Waals surface area (Å²) in [6.07, 6.45) is -1.85. The molecular formula is C18H21BrN2O10. The largest absolute Gasteiger partial charge is 0.508 e. The number of nitrogens with zero attached hydrogens (tertiary/aromatic N) is 1. The van der Waals surface area contributed by atoms with Crippen LogP contribution < -0.4 is 11.2 Å². The van der Waals surface area contributed by atoms with E-state index < -0.39 is 54.2 Å². The maximum absolute atomic E-state index is 12.3. The molecular weight excluding hydrogens is 484 g/mol. The first-order valence-electron chi connectivity index (χ1n) is 9.23. The molecule has 0 bridgehead atoms. The van der Waals surface area contributed by atoms with E-state index in [1.54, 1.807) is 6.92 Å². The summed E-state index contributed by atoms with van der Waals surface area (Å²) in [5, 5.41) is 8.70. The topological polar surface area (TPSA) is 163 Å². The molecule has 0 aromatic carbocycles. The summed E-state index contributed by atoms with van der Waals surface area (Å²) in [5.74, 6) is -1.94. The summed E-state index contributed by atoms with van der Waals surface area (Å²) in [6, 6.07) is 0. The molecule has 0 aliphatic carbocycles. The summed E-state index contributed by atoms with van der Waals surface area (Å²) in [4.78, 5) is 61.8. The van der Waals surface area contributed by atoms with E-state index in [0.29, 0.717) is 0 Å². The van der Waals surface area contributed by atoms with Crippen molar-refractivity contribution in [1.29, 1.82) is 0 Å². The summed E-state index contributed by atoms with van der Waals surface area (Å²) in [5.41, 5.74) is -1.18. The van der Waals surface area contributed by atoms with Gasteiger partial charge in [0.15, 0.2) is 0 Å². The molecule has 1 saturated heterocycles. The number of H-pyrrole nitrogens is 1. The highest BCUT2D eigenvalue weighted by atomic mass is 79.9. The van der Waals surface area contributed by atoms with E-state index in [4.69, 9.17) is 19.3 Å². The molecule has 2 heterocycles. The average Bonchev–Trinajstić information content (AvgIpc) is 3.09. The molecule has 0 radical (unpaired) electrons. The average molecular weight is 505 g/mol. The normalized spacial score (nSPS) is 20.5. The number of aliphatic carboxylic acids is 1. The van der Waals surface area contributed by atoms with Gasteiger partial charge in [0.1, 0.15) is 25.0 Å². The first-order chi connectivity index (χ1) is 14.7. The highest BCUT2D eigenvalue weighted by molar-refractivity contribution is 9.11. The Morgan fingerprint density at radius 3 is 2.71 bits per heavy atom. The quantitative estimate of drug-likeness (QED) is 0.465. The second-order valence-electron chi connectivity index (χ2n) is 6.32. The van der Waals surface area contributed by atoms with Gasteiger partial charge in [-0.3, -0.25) is 23.9 Å². The van der Waals surface area contributed by atoms with E-state index in [2.05, 4.69) is 25.7 Å². The molecule has 1 aromatic rings. The van der Waals surface area contributed by atoms with Crippen molar-refractivity contribution in [2.75, 3.05) is 13.2 Å². The Labute approximate surface area is 183 Å². The second-order valence-corrected chi connectivity index (χ2v) is 6.85. The lowest BCUT2D eigenvalue weighted by atomic mass is 10.2. The lowest BCUT2D eigenvalue weighted by molar-refractivity contribution is -0.155. The molecule has 1 aromatic heterocycles. The smallest absolute Gasteiger partial charge is 0.481 e. The van der Waals surface area contributed by atoms with Gasteiger partial charge in [0.2, 0.25) is 0 Å². The van der Waals surface area contributed by atoms with Crippen molar-refractivity contribution in [3.8, 4) is 0 Å². The third kappa shape index (κ3) is 7.07. The second kappa shape index (κ2) is 11.5. The Morgan fingerprint density at radius 1 is 1.32 bits per heavy atom. The molecule has 1 aliphatic heterocycles. The van der Waals surface area contributed by atoms with Crippen molar-refractivity contribution >= 4 is 40.1 Å². The van der Waals surface area contributed by atoms with Crippen LogP contribution in [0.25, 0.3) is 6.08 Å². The molecule has 12 nitrogen and oxygen atoms in total. The Morgan fingerprint density at radius 2 is 2.06 bits per heavy atom. The molecule has 1 fully saturated rings. The molecule has 0 spiro atoms. The summed E-state index contributed by atoms with van der Waals surface area (Å²) >= 11 is 3.05. The number of nitrogens with one attached hydrogen (secondary N) is 1. The molecule has 1 aliphatic rings. The SMILES string of the molecule is CCOC(=O)OC[C@H]1O[C@@H](n2cc(C=CBr)c(=O)[nH]c2=O)C[C@@H]1OC(=O)CCC(=O)O. The van der Waals surface area contributed by atoms with Crippen molar-refractivity contribution in [3.05, 3.63) is 37.6 Å². The zero-order chi connectivity index (χ0) is 23.0. The minimum Gasteiger partial charge on any atom is -0.481 e. The fourth-order valence-electron chi connectivity index (χ4n) is 2.79. The monoisotopic (exact) mass is 504 g/mol. The highest BCUT2D eigenvalue weighted by Gasteiger charge is 2.40. The number of hydrogen-bond donors (Lipinski definition) is 2. The Hall–Kier alpha value is -2.93. The van der Waals surface area contributed by atoms with Crippen molar-refractivity contribution in [1.82, 2.24) is 9.55 Å². The number of esters is 1. The van der Waals surface area contributed by atoms with Gasteiger partial charge in [-0.05, 0) is 18.0 Å². The summed E-state index contributed by atoms with van der Waals surface area (Å²) in [7, 11) is 0. The number of carboxylic acids is 1. The number of aromatic nitrogens is 2. The maximum Gasteiger partial charge on any atom is 0.508 e. The van der Waals surface area contributed by atoms with E-state index in [-0.39, 0.29) is 31.6 Å². The standard InChI is InChI=1S/C18H21BrN2O10/c1-2-28-18(27)29-9-12-11(31-15(24)4-3-14(22)23)7-13(30-12)21-8-10(5-6-19)16(25)20-17(21)26/h5-6,8,11-13H,2-4,7,9H2,1H3,(H,22,23)(H,20,25,26)/t11-,12+,13+/m0/s1. The van der Waals surface area contributed by atoms with E-state index in [1.807, 2.05) is 0 Å². The fourth-order valence-corrected chi connectivity index (χ4v) is 3.08. The van der Waals surface area contributed by atoms with Gasteiger partial charge in [0.25, 0.3) is 5.56 Å². The van der Waals surface area contributed by atoms with Gasteiger partial charge in [-0.15, -0.1) is 0 Å². The van der Waals surface area contributed by atoms with Crippen LogP contribution in [0.3, 0.4) is 0 Å². The Kier molecular flexibility index (Phi) is 9.00. The number of rotatable bonds is 9. The van der Waals surface area contributed by atoms with Crippen LogP contribution in [0, 0.1) is 0 Å². The number of hydrogen-bond acceptors (Lipinski definition) is 9. The van der Waals surface area contributed by atoms with Crippen molar-refractivity contribution in [3.63, 3.8) is 0 Å². The van der Waals surface area contributed by atoms with Gasteiger partial charge in [-0.1, -0.05) is 15.9 Å². The van der Waals surface area contributed by atoms with Crippen LogP contribution in [0.4, 0.5) is 4.79 Å². The molecule has 2 N–H and O–H groups in total. The number of carbonyl (C=O) groups is 3. The van der Waals surface area contributed by atoms with E-state index in [1.165, 1.54) is 17.3 Å². The molecule has 13 heteroatoms. The third-order valence-corrected chi connectivity index (χ3v) is 4.45. The van der Waals surface area contributed by atoms with Crippen molar-refractivity contribution in [2.24, 2.45) is 0 Å². The number of ether oxygens (including phenoxy) is 4. The Balaban J connectivity index is 2.21. The number of halogens is 1. The van der Waals surface area contributed by atoms with E-state index >= 15 is 0 Å². The van der Waals surface area contributed by atoms with Crippen LogP contribution in [0.2, 0.25) is 0 Å². The molecule has 170 valence electrons. The molecule has 31 heavy (non-hydrogen) atoms. The van der Waals surface area contributed by atoms with Crippen LogP contribution in [0.5, 0.6) is 0 Å². The van der Waals surface area contributed by atoms with Gasteiger partial charge in [-0.2, -0.15) is 0 Å². The third-order valence-electron chi connectivity index (χ3n) is 4.18. The van der Waals surface area contributed by atoms with E-state index in [0.717, 1.165) is 4.57 Å². The first kappa shape index (κ1) is 24.3. The van der Waals surface area contributed by atoms with Crippen molar-refractivity contribution in [2.45, 2.75) is 44.6 Å². The predicted octanol–water partition coefficient (Wildman–Crippen LogP) is 1.14. The van der Waals surface area contributed by atoms with Gasteiger partial charge in [0, 0.05) is 12.6 Å². The van der Waals surface area contributed by atoms with Gasteiger partial charge >= 0.3 is 23.8 Å². The van der Waals surface area contributed by atoms with Gasteiger partial charge in [0.05, 0.1) is 25.0 Å². The molecule has 0 amide bonds. The number of carbonyl (C=O) groups excluding carboxylic acids is 2. The minimum atomic E-state index is -1.16. The lowest BCUT2D eigenvalue weighted by Gasteiger charge is -2.18. The van der Waals surface area contributed by atoms with Crippen LogP contribution in [-0.4, -0.2) is 58.2 Å². The van der Waals surface area contributed by atoms with Gasteiger partial charge in [-0.25, -0.2) is 9.59 Å². The fraction of sp³-hybridized carbons (Fsp3) is 0.500.